The molecule has 3 unspecified atom stereocenters. The van der Waals surface area contributed by atoms with Gasteiger partial charge < -0.3 is 15.5 Å². The summed E-state index contributed by atoms with van der Waals surface area (Å²) in [6, 6.07) is 21.0. The molecule has 1 saturated heterocycles. The van der Waals surface area contributed by atoms with Gasteiger partial charge >= 0.3 is 0 Å². The van der Waals surface area contributed by atoms with Crippen LogP contribution in [0, 0.1) is 0 Å². The Labute approximate surface area is 200 Å². The smallest absolute Gasteiger partial charge is 0.251 e. The van der Waals surface area contributed by atoms with E-state index in [4.69, 9.17) is 0 Å². The Bertz CT molecular complexity index is 1220. The number of benzene rings is 3. The van der Waals surface area contributed by atoms with Gasteiger partial charge in [0.25, 0.3) is 5.91 Å². The van der Waals surface area contributed by atoms with E-state index in [-0.39, 0.29) is 17.7 Å². The summed E-state index contributed by atoms with van der Waals surface area (Å²) in [5.41, 5.74) is 0.111. The molecule has 1 aliphatic carbocycles. The number of fused-ring (bicyclic) bond motifs is 2. The zero-order chi connectivity index (χ0) is 23.8. The Kier molecular flexibility index (Phi) is 5.92. The molecule has 3 N–H and O–H groups in total. The number of aliphatic hydroxyl groups is 1. The lowest BCUT2D eigenvalue weighted by molar-refractivity contribution is -0.123. The van der Waals surface area contributed by atoms with Crippen molar-refractivity contribution in [2.24, 2.45) is 0 Å². The second kappa shape index (κ2) is 8.90. The molecule has 0 aromatic heterocycles. The van der Waals surface area contributed by atoms with Crippen molar-refractivity contribution in [3.8, 4) is 5.75 Å². The first-order chi connectivity index (χ1) is 16.4. The quantitative estimate of drug-likeness (QED) is 0.498. The summed E-state index contributed by atoms with van der Waals surface area (Å²) in [7, 11) is 0. The maximum absolute atomic E-state index is 13.2. The van der Waals surface area contributed by atoms with Gasteiger partial charge in [0, 0.05) is 30.1 Å². The number of hydrogen-bond acceptors (Lipinski definition) is 4. The molecule has 0 bridgehead atoms. The number of piperidine rings is 1. The zero-order valence-corrected chi connectivity index (χ0v) is 19.4. The molecule has 5 rings (SSSR count). The van der Waals surface area contributed by atoms with Crippen LogP contribution < -0.4 is 5.32 Å². The van der Waals surface area contributed by atoms with Crippen LogP contribution in [0.2, 0.25) is 0 Å². The first kappa shape index (κ1) is 22.6. The Balaban J connectivity index is 1.42. The fraction of sp³-hybridized carbons (Fsp3) is 0.345. The van der Waals surface area contributed by atoms with Crippen LogP contribution in [0.4, 0.5) is 0 Å². The summed E-state index contributed by atoms with van der Waals surface area (Å²) in [5.74, 6) is 0.112. The third kappa shape index (κ3) is 3.99. The SMILES string of the molecule is C=CCN1CCC2(c3cccc(O)c3)CC(NC(=O)c3ccc4ccccc4c3)CCC2(O)C1. The molecule has 5 nitrogen and oxygen atoms in total. The fourth-order valence-electron chi connectivity index (χ4n) is 6.12. The summed E-state index contributed by atoms with van der Waals surface area (Å²) >= 11 is 0. The van der Waals surface area contributed by atoms with Gasteiger partial charge in [0.1, 0.15) is 5.75 Å². The Hall–Kier alpha value is -3.15. The van der Waals surface area contributed by atoms with E-state index >= 15 is 0 Å². The van der Waals surface area contributed by atoms with E-state index in [9.17, 15) is 15.0 Å². The monoisotopic (exact) mass is 456 g/mol. The summed E-state index contributed by atoms with van der Waals surface area (Å²) in [5, 5.41) is 27.6. The van der Waals surface area contributed by atoms with Gasteiger partial charge in [-0.25, -0.2) is 0 Å². The number of phenolic OH excluding ortho intramolecular Hbond substituents is 1. The molecule has 3 aromatic rings. The van der Waals surface area contributed by atoms with Crippen LogP contribution in [0.1, 0.15) is 41.6 Å². The Morgan fingerprint density at radius 3 is 2.71 bits per heavy atom. The number of carbonyl (C=O) groups excluding carboxylic acids is 1. The van der Waals surface area contributed by atoms with Crippen molar-refractivity contribution in [1.82, 2.24) is 10.2 Å². The zero-order valence-electron chi connectivity index (χ0n) is 19.4. The number of rotatable bonds is 5. The summed E-state index contributed by atoms with van der Waals surface area (Å²) in [6.45, 7) is 5.98. The highest BCUT2D eigenvalue weighted by molar-refractivity contribution is 5.98. The first-order valence-electron chi connectivity index (χ1n) is 12.1. The van der Waals surface area contributed by atoms with Gasteiger partial charge in [-0.3, -0.25) is 9.69 Å². The van der Waals surface area contributed by atoms with Crippen LogP contribution in [-0.2, 0) is 5.41 Å². The van der Waals surface area contributed by atoms with E-state index in [1.54, 1.807) is 12.1 Å². The molecule has 3 aromatic carbocycles. The molecule has 1 aliphatic heterocycles. The van der Waals surface area contributed by atoms with Gasteiger partial charge in [-0.05, 0) is 72.8 Å². The van der Waals surface area contributed by atoms with Crippen molar-refractivity contribution in [2.45, 2.75) is 42.7 Å². The third-order valence-corrected chi connectivity index (χ3v) is 7.86. The van der Waals surface area contributed by atoms with Crippen LogP contribution >= 0.6 is 0 Å². The average molecular weight is 457 g/mol. The maximum atomic E-state index is 13.2. The summed E-state index contributed by atoms with van der Waals surface area (Å²) in [4.78, 5) is 15.4. The van der Waals surface area contributed by atoms with Crippen molar-refractivity contribution in [2.75, 3.05) is 19.6 Å². The lowest BCUT2D eigenvalue weighted by Gasteiger charge is -2.58. The number of hydrogen-bond donors (Lipinski definition) is 3. The lowest BCUT2D eigenvalue weighted by Crippen LogP contribution is -2.67. The predicted molar refractivity (Wildman–Crippen MR) is 135 cm³/mol. The molecule has 2 fully saturated rings. The van der Waals surface area contributed by atoms with E-state index in [0.29, 0.717) is 31.4 Å². The molecular weight excluding hydrogens is 424 g/mol. The van der Waals surface area contributed by atoms with Gasteiger partial charge in [0.15, 0.2) is 0 Å². The van der Waals surface area contributed by atoms with E-state index in [1.807, 2.05) is 60.7 Å². The number of amides is 1. The van der Waals surface area contributed by atoms with Crippen molar-refractivity contribution < 1.29 is 15.0 Å². The molecule has 2 aliphatic rings. The van der Waals surface area contributed by atoms with Gasteiger partial charge in [-0.2, -0.15) is 0 Å². The standard InChI is InChI=1S/C29H32N2O3/c1-2-15-31-16-14-28(24-8-5-9-26(32)18-24)19-25(12-13-29(28,34)20-31)30-27(33)23-11-10-21-6-3-4-7-22(21)17-23/h2-11,17-18,25,32,34H,1,12-16,19-20H2,(H,30,33). The van der Waals surface area contributed by atoms with E-state index in [1.165, 1.54) is 0 Å². The molecule has 34 heavy (non-hydrogen) atoms. The second-order valence-electron chi connectivity index (χ2n) is 9.91. The topological polar surface area (TPSA) is 72.8 Å². The van der Waals surface area contributed by atoms with Crippen molar-refractivity contribution in [1.29, 1.82) is 0 Å². The van der Waals surface area contributed by atoms with E-state index in [0.717, 1.165) is 35.8 Å². The third-order valence-electron chi connectivity index (χ3n) is 7.86. The summed E-state index contributed by atoms with van der Waals surface area (Å²) < 4.78 is 0. The minimum atomic E-state index is -0.938. The first-order valence-corrected chi connectivity index (χ1v) is 12.1. The van der Waals surface area contributed by atoms with Gasteiger partial charge in [-0.15, -0.1) is 6.58 Å². The van der Waals surface area contributed by atoms with Crippen molar-refractivity contribution in [3.63, 3.8) is 0 Å². The molecule has 1 saturated carbocycles. The second-order valence-corrected chi connectivity index (χ2v) is 9.91. The molecule has 1 amide bonds. The highest BCUT2D eigenvalue weighted by Gasteiger charge is 2.57. The van der Waals surface area contributed by atoms with Crippen LogP contribution in [0.25, 0.3) is 10.8 Å². The fourth-order valence-corrected chi connectivity index (χ4v) is 6.12. The molecule has 176 valence electrons. The Morgan fingerprint density at radius 1 is 1.09 bits per heavy atom. The minimum absolute atomic E-state index is 0.0625. The van der Waals surface area contributed by atoms with Crippen LogP contribution in [0.15, 0.2) is 79.4 Å². The minimum Gasteiger partial charge on any atom is -0.508 e. The number of carbonyl (C=O) groups is 1. The molecule has 5 heteroatoms. The maximum Gasteiger partial charge on any atom is 0.251 e. The largest absolute Gasteiger partial charge is 0.508 e. The number of β-amino-alcohol motifs (C(OH)–C–C–N with tert-alkyl or cyclic N) is 1. The molecule has 3 atom stereocenters. The normalized spacial score (nSPS) is 27.1. The average Bonchev–Trinajstić information content (AvgIpc) is 2.84. The lowest BCUT2D eigenvalue weighted by atomic mass is 9.55. The van der Waals surface area contributed by atoms with Crippen LogP contribution in [0.5, 0.6) is 5.75 Å². The molecule has 1 heterocycles. The van der Waals surface area contributed by atoms with Crippen LogP contribution in [0.3, 0.4) is 0 Å². The van der Waals surface area contributed by atoms with Gasteiger partial charge in [-0.1, -0.05) is 48.5 Å². The summed E-state index contributed by atoms with van der Waals surface area (Å²) in [6.07, 6.45) is 4.55. The number of likely N-dealkylation sites (tertiary alicyclic amines) is 1. The van der Waals surface area contributed by atoms with E-state index < -0.39 is 11.0 Å². The Morgan fingerprint density at radius 2 is 1.91 bits per heavy atom. The van der Waals surface area contributed by atoms with Crippen molar-refractivity contribution in [3.05, 3.63) is 90.5 Å². The van der Waals surface area contributed by atoms with Crippen molar-refractivity contribution >= 4 is 16.7 Å². The molecule has 0 spiro atoms. The van der Waals surface area contributed by atoms with Gasteiger partial charge in [0.05, 0.1) is 5.60 Å². The highest BCUT2D eigenvalue weighted by atomic mass is 16.3. The number of phenols is 1. The van der Waals surface area contributed by atoms with Crippen LogP contribution in [-0.4, -0.2) is 52.3 Å². The number of aromatic hydroxyl groups is 1. The highest BCUT2D eigenvalue weighted by Crippen LogP contribution is 2.52. The molecule has 0 radical (unpaired) electrons. The molecular formula is C29H32N2O3. The van der Waals surface area contributed by atoms with Gasteiger partial charge in [0.2, 0.25) is 0 Å². The number of nitrogens with zero attached hydrogens (tertiary/aromatic N) is 1. The predicted octanol–water partition coefficient (Wildman–Crippen LogP) is 4.39. The number of nitrogens with one attached hydrogen (secondary N) is 1. The van der Waals surface area contributed by atoms with E-state index in [2.05, 4.69) is 16.8 Å².